The molecule has 162 valence electrons. The predicted molar refractivity (Wildman–Crippen MR) is 107 cm³/mol. The molecule has 0 unspecified atom stereocenters. The van der Waals surface area contributed by atoms with Gasteiger partial charge in [0.25, 0.3) is 15.9 Å². The largest absolute Gasteiger partial charge is 0.416 e. The van der Waals surface area contributed by atoms with Gasteiger partial charge in [-0.3, -0.25) is 4.79 Å². The number of hydrogen-bond donors (Lipinski definition) is 1. The lowest BCUT2D eigenvalue weighted by Gasteiger charge is -2.08. The minimum Gasteiger partial charge on any atom is -0.266 e. The maximum absolute atomic E-state index is 13.6. The fourth-order valence-corrected chi connectivity index (χ4v) is 4.20. The third kappa shape index (κ3) is 5.20. The van der Waals surface area contributed by atoms with E-state index in [1.54, 1.807) is 0 Å². The van der Waals surface area contributed by atoms with Gasteiger partial charge in [-0.2, -0.15) is 13.2 Å². The second kappa shape index (κ2) is 8.27. The summed E-state index contributed by atoms with van der Waals surface area (Å²) >= 11 is 5.85. The Labute approximate surface area is 179 Å². The molecule has 2 aromatic rings. The van der Waals surface area contributed by atoms with E-state index in [0.29, 0.717) is 6.07 Å². The average Bonchev–Trinajstić information content (AvgIpc) is 3.01. The van der Waals surface area contributed by atoms with Crippen LogP contribution in [0.4, 0.5) is 17.6 Å². The first-order valence-electron chi connectivity index (χ1n) is 8.55. The Balaban J connectivity index is 1.89. The molecule has 0 spiro atoms. The number of benzene rings is 2. The van der Waals surface area contributed by atoms with E-state index in [-0.39, 0.29) is 32.5 Å². The fourth-order valence-electron chi connectivity index (χ4n) is 2.72. The van der Waals surface area contributed by atoms with Crippen LogP contribution in [0, 0.1) is 5.82 Å². The number of amides is 1. The molecule has 1 amide bonds. The minimum absolute atomic E-state index is 0.0879. The van der Waals surface area contributed by atoms with Crippen LogP contribution in [0.1, 0.15) is 18.1 Å². The third-order valence-corrected chi connectivity index (χ3v) is 5.98. The molecule has 2 aromatic carbocycles. The van der Waals surface area contributed by atoms with Crippen molar-refractivity contribution in [3.8, 4) is 0 Å². The van der Waals surface area contributed by atoms with Gasteiger partial charge in [-0.05, 0) is 60.5 Å². The Hall–Kier alpha value is -2.98. The highest BCUT2D eigenvalue weighted by molar-refractivity contribution is 7.90. The predicted octanol–water partition coefficient (Wildman–Crippen LogP) is 4.74. The quantitative estimate of drug-likeness (QED) is 0.653. The number of nitrogens with zero attached hydrogens (tertiary/aromatic N) is 1. The number of alkyl halides is 3. The molecule has 5 nitrogen and oxygen atoms in total. The lowest BCUT2D eigenvalue weighted by molar-refractivity contribution is -0.137. The van der Waals surface area contributed by atoms with Crippen LogP contribution in [0.3, 0.4) is 0 Å². The van der Waals surface area contributed by atoms with E-state index >= 15 is 0 Å². The molecule has 0 aliphatic carbocycles. The Morgan fingerprint density at radius 3 is 2.48 bits per heavy atom. The first-order chi connectivity index (χ1) is 14.4. The van der Waals surface area contributed by atoms with Gasteiger partial charge in [0.05, 0.1) is 10.6 Å². The molecule has 1 aliphatic rings. The van der Waals surface area contributed by atoms with Crippen molar-refractivity contribution in [3.05, 3.63) is 81.8 Å². The zero-order valence-corrected chi connectivity index (χ0v) is 17.2. The van der Waals surface area contributed by atoms with Crippen LogP contribution in [0.25, 0.3) is 6.08 Å². The summed E-state index contributed by atoms with van der Waals surface area (Å²) in [6.45, 7) is 1.47. The van der Waals surface area contributed by atoms with Crippen molar-refractivity contribution in [1.29, 1.82) is 0 Å². The molecule has 3 rings (SSSR count). The van der Waals surface area contributed by atoms with E-state index < -0.39 is 33.5 Å². The van der Waals surface area contributed by atoms with E-state index in [1.807, 2.05) is 4.72 Å². The first kappa shape index (κ1) is 22.7. The number of rotatable bonds is 4. The maximum Gasteiger partial charge on any atom is 0.416 e. The molecule has 0 saturated heterocycles. The maximum atomic E-state index is 13.6. The normalized spacial score (nSPS) is 15.6. The second-order valence-corrected chi connectivity index (χ2v) is 8.52. The highest BCUT2D eigenvalue weighted by Crippen LogP contribution is 2.31. The van der Waals surface area contributed by atoms with Crippen molar-refractivity contribution in [2.45, 2.75) is 18.0 Å². The van der Waals surface area contributed by atoms with Gasteiger partial charge in [-0.1, -0.05) is 23.7 Å². The lowest BCUT2D eigenvalue weighted by atomic mass is 10.0. The van der Waals surface area contributed by atoms with Crippen LogP contribution in [-0.2, 0) is 21.0 Å². The Bertz CT molecular complexity index is 1270. The van der Waals surface area contributed by atoms with Crippen molar-refractivity contribution in [1.82, 2.24) is 4.72 Å². The lowest BCUT2D eigenvalue weighted by Crippen LogP contribution is -2.31. The number of carbonyl (C=O) groups excluding carboxylic acids is 1. The van der Waals surface area contributed by atoms with Gasteiger partial charge in [-0.15, -0.1) is 0 Å². The van der Waals surface area contributed by atoms with Crippen molar-refractivity contribution in [2.24, 2.45) is 4.99 Å². The van der Waals surface area contributed by atoms with E-state index in [0.717, 1.165) is 12.1 Å². The summed E-state index contributed by atoms with van der Waals surface area (Å²) in [5.74, 6) is -2.14. The second-order valence-electron chi connectivity index (χ2n) is 6.46. The van der Waals surface area contributed by atoms with Crippen molar-refractivity contribution >= 4 is 39.3 Å². The van der Waals surface area contributed by atoms with Crippen LogP contribution in [0.15, 0.2) is 69.7 Å². The van der Waals surface area contributed by atoms with Crippen molar-refractivity contribution in [3.63, 3.8) is 0 Å². The third-order valence-electron chi connectivity index (χ3n) is 4.15. The Morgan fingerprint density at radius 1 is 1.16 bits per heavy atom. The summed E-state index contributed by atoms with van der Waals surface area (Å²) in [5.41, 5.74) is -1.10. The van der Waals surface area contributed by atoms with Crippen LogP contribution in [-0.4, -0.2) is 20.0 Å². The number of halogens is 5. The van der Waals surface area contributed by atoms with Crippen LogP contribution < -0.4 is 4.72 Å². The summed E-state index contributed by atoms with van der Waals surface area (Å²) in [5, 5.41) is -0.0879. The Morgan fingerprint density at radius 2 is 1.84 bits per heavy atom. The number of hydrogen-bond acceptors (Lipinski definition) is 4. The molecule has 31 heavy (non-hydrogen) atoms. The van der Waals surface area contributed by atoms with E-state index in [1.165, 1.54) is 43.3 Å². The van der Waals surface area contributed by atoms with E-state index in [9.17, 15) is 30.8 Å². The van der Waals surface area contributed by atoms with Gasteiger partial charge in [0.2, 0.25) is 0 Å². The summed E-state index contributed by atoms with van der Waals surface area (Å²) < 4.78 is 78.9. The standard InChI is InChI=1S/C20H13ClF4N2O3S/c1-11-13(6-12-7-14(20(23,24)25)10-15(22)8-12)9-17(26-11)19(28)27-31(29,30)18-5-3-2-4-16(18)21/h2-10H,1H3,(H,27,28)/b13-6+. The summed E-state index contributed by atoms with van der Waals surface area (Å²) in [4.78, 5) is 16.0. The topological polar surface area (TPSA) is 75.6 Å². The molecule has 0 radical (unpaired) electrons. The monoisotopic (exact) mass is 472 g/mol. The van der Waals surface area contributed by atoms with Gasteiger partial charge in [0, 0.05) is 5.71 Å². The molecular weight excluding hydrogens is 460 g/mol. The average molecular weight is 473 g/mol. The van der Waals surface area contributed by atoms with Crippen LogP contribution >= 0.6 is 11.6 Å². The van der Waals surface area contributed by atoms with Gasteiger partial charge < -0.3 is 0 Å². The molecule has 0 bridgehead atoms. The number of carbonyl (C=O) groups is 1. The highest BCUT2D eigenvalue weighted by atomic mass is 35.5. The van der Waals surface area contributed by atoms with Gasteiger partial charge in [0.15, 0.2) is 0 Å². The first-order valence-corrected chi connectivity index (χ1v) is 10.4. The highest BCUT2D eigenvalue weighted by Gasteiger charge is 2.31. The van der Waals surface area contributed by atoms with Gasteiger partial charge >= 0.3 is 6.18 Å². The fraction of sp³-hybridized carbons (Fsp3) is 0.100. The molecule has 0 aromatic heterocycles. The van der Waals surface area contributed by atoms with Crippen LogP contribution in [0.2, 0.25) is 5.02 Å². The molecule has 0 saturated carbocycles. The van der Waals surface area contributed by atoms with Gasteiger partial charge in [-0.25, -0.2) is 22.5 Å². The SMILES string of the molecule is CC1=NC(C(=O)NS(=O)(=O)c2ccccc2Cl)=C/C1=C\c1cc(F)cc(C(F)(F)F)c1. The minimum atomic E-state index is -4.73. The van der Waals surface area contributed by atoms with Gasteiger partial charge in [0.1, 0.15) is 16.4 Å². The number of nitrogens with one attached hydrogen (secondary N) is 1. The Kier molecular flexibility index (Phi) is 6.06. The smallest absolute Gasteiger partial charge is 0.266 e. The molecule has 1 aliphatic heterocycles. The summed E-state index contributed by atoms with van der Waals surface area (Å²) in [6, 6.07) is 7.50. The molecular formula is C20H13ClF4N2O3S. The van der Waals surface area contributed by atoms with E-state index in [4.69, 9.17) is 11.6 Å². The summed E-state index contributed by atoms with van der Waals surface area (Å²) in [6.07, 6.45) is -2.34. The van der Waals surface area contributed by atoms with E-state index in [2.05, 4.69) is 4.99 Å². The molecule has 1 N–H and O–H groups in total. The van der Waals surface area contributed by atoms with Crippen molar-refractivity contribution < 1.29 is 30.8 Å². The molecule has 0 fully saturated rings. The van der Waals surface area contributed by atoms with Crippen LogP contribution in [0.5, 0.6) is 0 Å². The molecule has 0 atom stereocenters. The number of aliphatic imine (C=N–C) groups is 1. The zero-order chi connectivity index (χ0) is 23.0. The van der Waals surface area contributed by atoms with Crippen molar-refractivity contribution in [2.75, 3.05) is 0 Å². The number of allylic oxidation sites excluding steroid dienone is 2. The summed E-state index contributed by atoms with van der Waals surface area (Å²) in [7, 11) is -4.28. The zero-order valence-electron chi connectivity index (χ0n) is 15.7. The number of sulfonamides is 1. The molecule has 11 heteroatoms. The molecule has 1 heterocycles.